The van der Waals surface area contributed by atoms with Gasteiger partial charge in [0.05, 0.1) is 17.3 Å². The average molecular weight is 466 g/mol. The number of rotatable bonds is 6. The van der Waals surface area contributed by atoms with Gasteiger partial charge in [0.15, 0.2) is 0 Å². The minimum atomic E-state index is -0.307. The van der Waals surface area contributed by atoms with Gasteiger partial charge in [0.2, 0.25) is 0 Å². The van der Waals surface area contributed by atoms with Gasteiger partial charge in [-0.1, -0.05) is 48.5 Å². The van der Waals surface area contributed by atoms with E-state index in [0.29, 0.717) is 37.5 Å². The van der Waals surface area contributed by atoms with Crippen molar-refractivity contribution in [2.45, 2.75) is 19.6 Å². The molecule has 2 aromatic carbocycles. The molecule has 1 fully saturated rings. The van der Waals surface area contributed by atoms with E-state index < -0.39 is 0 Å². The quantitative estimate of drug-likeness (QED) is 0.426. The van der Waals surface area contributed by atoms with Crippen molar-refractivity contribution in [3.05, 3.63) is 102 Å². The van der Waals surface area contributed by atoms with Crippen LogP contribution >= 0.6 is 0 Å². The lowest BCUT2D eigenvalue weighted by Gasteiger charge is -2.37. The van der Waals surface area contributed by atoms with Crippen LogP contribution in [0.4, 0.5) is 0 Å². The van der Waals surface area contributed by atoms with Crippen molar-refractivity contribution in [3.63, 3.8) is 0 Å². The van der Waals surface area contributed by atoms with Crippen molar-refractivity contribution in [1.29, 1.82) is 5.26 Å². The van der Waals surface area contributed by atoms with Crippen LogP contribution in [0, 0.1) is 18.3 Å². The lowest BCUT2D eigenvalue weighted by Crippen LogP contribution is -2.49. The van der Waals surface area contributed by atoms with Gasteiger partial charge in [-0.3, -0.25) is 9.69 Å². The molecule has 7 nitrogen and oxygen atoms in total. The second-order valence-electron chi connectivity index (χ2n) is 8.71. The van der Waals surface area contributed by atoms with Gasteiger partial charge in [0.25, 0.3) is 5.91 Å². The van der Waals surface area contributed by atoms with Gasteiger partial charge < -0.3 is 14.0 Å². The molecule has 5 rings (SSSR count). The lowest BCUT2D eigenvalue weighted by atomic mass is 10.1. The van der Waals surface area contributed by atoms with Gasteiger partial charge in [0, 0.05) is 38.6 Å². The van der Waals surface area contributed by atoms with E-state index in [1.165, 1.54) is 0 Å². The Morgan fingerprint density at radius 1 is 1.03 bits per heavy atom. The Morgan fingerprint density at radius 2 is 1.77 bits per heavy atom. The minimum absolute atomic E-state index is 0.0562. The van der Waals surface area contributed by atoms with Crippen LogP contribution in [-0.2, 0) is 6.61 Å². The Labute approximate surface area is 204 Å². The van der Waals surface area contributed by atoms with Gasteiger partial charge in [0.1, 0.15) is 24.0 Å². The number of ether oxygens (including phenoxy) is 1. The van der Waals surface area contributed by atoms with Crippen LogP contribution in [0.3, 0.4) is 0 Å². The summed E-state index contributed by atoms with van der Waals surface area (Å²) in [5.74, 6) is 0.493. The minimum Gasteiger partial charge on any atom is -0.486 e. The molecule has 0 spiro atoms. The summed E-state index contributed by atoms with van der Waals surface area (Å²) in [5.41, 5.74) is 4.33. The highest BCUT2D eigenvalue weighted by molar-refractivity contribution is 5.97. The number of piperazine rings is 1. The summed E-state index contributed by atoms with van der Waals surface area (Å²) >= 11 is 0. The maximum Gasteiger partial charge on any atom is 0.257 e. The summed E-state index contributed by atoms with van der Waals surface area (Å²) < 4.78 is 8.04. The highest BCUT2D eigenvalue weighted by Gasteiger charge is 2.28. The first-order valence-corrected chi connectivity index (χ1v) is 11.8. The van der Waals surface area contributed by atoms with Crippen LogP contribution < -0.4 is 4.74 Å². The van der Waals surface area contributed by atoms with Gasteiger partial charge in [-0.15, -0.1) is 0 Å². The number of carbonyl (C=O) groups is 1. The molecular weight excluding hydrogens is 438 g/mol. The van der Waals surface area contributed by atoms with E-state index in [-0.39, 0.29) is 18.6 Å². The second-order valence-corrected chi connectivity index (χ2v) is 8.71. The first kappa shape index (κ1) is 22.6. The van der Waals surface area contributed by atoms with E-state index in [1.807, 2.05) is 89.3 Å². The molecule has 7 heteroatoms. The number of aryl methyl sites for hydroxylation is 1. The predicted molar refractivity (Wildman–Crippen MR) is 133 cm³/mol. The molecule has 176 valence electrons. The Balaban J connectivity index is 1.25. The van der Waals surface area contributed by atoms with Crippen LogP contribution in [0.5, 0.6) is 5.75 Å². The van der Waals surface area contributed by atoms with Crippen LogP contribution in [0.25, 0.3) is 5.65 Å². The van der Waals surface area contributed by atoms with Gasteiger partial charge in [-0.2, -0.15) is 5.26 Å². The first-order valence-electron chi connectivity index (χ1n) is 11.8. The van der Waals surface area contributed by atoms with Crippen LogP contribution in [0.1, 0.15) is 33.2 Å². The van der Waals surface area contributed by atoms with Crippen molar-refractivity contribution in [1.82, 2.24) is 19.2 Å². The molecule has 1 aliphatic rings. The molecule has 0 N–H and O–H groups in total. The number of hydrogen-bond acceptors (Lipinski definition) is 5. The average Bonchev–Trinajstić information content (AvgIpc) is 3.33. The van der Waals surface area contributed by atoms with Gasteiger partial charge in [-0.25, -0.2) is 4.98 Å². The zero-order chi connectivity index (χ0) is 24.2. The third-order valence-corrected chi connectivity index (χ3v) is 6.43. The van der Waals surface area contributed by atoms with Crippen molar-refractivity contribution >= 4 is 11.6 Å². The van der Waals surface area contributed by atoms with Crippen molar-refractivity contribution in [2.75, 3.05) is 26.2 Å². The second kappa shape index (κ2) is 10.00. The summed E-state index contributed by atoms with van der Waals surface area (Å²) in [6.45, 7) is 4.71. The number of fused-ring (bicyclic) bond motifs is 1. The fraction of sp³-hybridized carbons (Fsp3) is 0.250. The van der Waals surface area contributed by atoms with Crippen molar-refractivity contribution in [2.24, 2.45) is 0 Å². The molecule has 1 atom stereocenters. The molecule has 4 aromatic rings. The summed E-state index contributed by atoms with van der Waals surface area (Å²) in [5, 5.41) is 9.74. The molecule has 0 radical (unpaired) electrons. The number of carbonyl (C=O) groups excluding carboxylic acids is 1. The molecule has 1 amide bonds. The maximum absolute atomic E-state index is 13.4. The monoisotopic (exact) mass is 465 g/mol. The molecular formula is C28H27N5O2. The maximum atomic E-state index is 13.4. The van der Waals surface area contributed by atoms with Crippen molar-refractivity contribution < 1.29 is 9.53 Å². The van der Waals surface area contributed by atoms with Gasteiger partial charge in [-0.05, 0) is 36.2 Å². The number of hydrogen-bond donors (Lipinski definition) is 0. The molecule has 0 bridgehead atoms. The van der Waals surface area contributed by atoms with E-state index in [1.54, 1.807) is 6.07 Å². The summed E-state index contributed by atoms with van der Waals surface area (Å²) in [7, 11) is 0. The number of imidazole rings is 1. The predicted octanol–water partition coefficient (Wildman–Crippen LogP) is 4.24. The van der Waals surface area contributed by atoms with E-state index in [4.69, 9.17) is 4.74 Å². The van der Waals surface area contributed by atoms with Crippen LogP contribution in [0.2, 0.25) is 0 Å². The summed E-state index contributed by atoms with van der Waals surface area (Å²) in [6.07, 6.45) is 3.91. The highest BCUT2D eigenvalue weighted by Crippen LogP contribution is 2.25. The zero-order valence-corrected chi connectivity index (χ0v) is 19.7. The van der Waals surface area contributed by atoms with Gasteiger partial charge >= 0.3 is 0 Å². The normalized spacial score (nSPS) is 15.0. The van der Waals surface area contributed by atoms with Crippen LogP contribution in [-0.4, -0.2) is 51.3 Å². The molecule has 1 aliphatic heterocycles. The fourth-order valence-electron chi connectivity index (χ4n) is 4.55. The molecule has 0 aliphatic carbocycles. The standard InChI is InChI=1S/C28H27N5O2/c1-21-8-7-13-33-19-23(30-27(21)33)20-35-26-12-6-5-11-24(26)28(34)32-16-14-31(15-17-32)25(18-29)22-9-3-2-4-10-22/h2-13,19,25H,14-17,20H2,1H3. The SMILES string of the molecule is Cc1cccn2cc(COc3ccccc3C(=O)N3CCN(C(C#N)c4ccccc4)CC3)nc12. The topological polar surface area (TPSA) is 73.9 Å². The number of benzene rings is 2. The molecule has 0 saturated carbocycles. The van der Waals surface area contributed by atoms with E-state index in [9.17, 15) is 10.1 Å². The molecule has 1 saturated heterocycles. The Hall–Kier alpha value is -4.15. The number of nitriles is 1. The number of nitrogens with zero attached hydrogens (tertiary/aromatic N) is 5. The third kappa shape index (κ3) is 4.75. The largest absolute Gasteiger partial charge is 0.486 e. The molecule has 1 unspecified atom stereocenters. The molecule has 35 heavy (non-hydrogen) atoms. The number of pyridine rings is 1. The van der Waals surface area contributed by atoms with E-state index in [0.717, 1.165) is 22.5 Å². The summed E-state index contributed by atoms with van der Waals surface area (Å²) in [6, 6.07) is 23.3. The smallest absolute Gasteiger partial charge is 0.257 e. The highest BCUT2D eigenvalue weighted by atomic mass is 16.5. The van der Waals surface area contributed by atoms with E-state index in [2.05, 4.69) is 16.0 Å². The summed E-state index contributed by atoms with van der Waals surface area (Å²) in [4.78, 5) is 22.0. The zero-order valence-electron chi connectivity index (χ0n) is 19.7. The number of para-hydroxylation sites is 1. The third-order valence-electron chi connectivity index (χ3n) is 6.43. The van der Waals surface area contributed by atoms with Crippen molar-refractivity contribution in [3.8, 4) is 11.8 Å². The molecule has 2 aromatic heterocycles. The Morgan fingerprint density at radius 3 is 2.51 bits per heavy atom. The van der Waals surface area contributed by atoms with Crippen LogP contribution in [0.15, 0.2) is 79.1 Å². The number of aromatic nitrogens is 2. The van der Waals surface area contributed by atoms with E-state index >= 15 is 0 Å². The number of amides is 1. The Bertz CT molecular complexity index is 1370. The lowest BCUT2D eigenvalue weighted by molar-refractivity contribution is 0.0602. The Kier molecular flexibility index (Phi) is 6.47. The molecule has 3 heterocycles. The first-order chi connectivity index (χ1) is 17.1. The fourth-order valence-corrected chi connectivity index (χ4v) is 4.55.